The Labute approximate surface area is 136 Å². The van der Waals surface area contributed by atoms with E-state index >= 15 is 0 Å². The van der Waals surface area contributed by atoms with Crippen LogP contribution in [0.3, 0.4) is 0 Å². The first-order valence-corrected chi connectivity index (χ1v) is 8.38. The standard InChI is InChI=1S/C18H26O5/c1-11-13-9-7-5-3-4-6-8-10-14(17(21)16(13)20)15(11)18(22)23-12(2)19/h12,19-21H,3-10H2,1-2H3. The van der Waals surface area contributed by atoms with Crippen LogP contribution in [0, 0.1) is 6.92 Å². The predicted octanol–water partition coefficient (Wildman–Crippen LogP) is 3.34. The average molecular weight is 322 g/mol. The van der Waals surface area contributed by atoms with Crippen molar-refractivity contribution in [2.75, 3.05) is 0 Å². The lowest BCUT2D eigenvalue weighted by molar-refractivity contribution is -0.0524. The second-order valence-corrected chi connectivity index (χ2v) is 6.28. The van der Waals surface area contributed by atoms with E-state index in [0.29, 0.717) is 29.5 Å². The van der Waals surface area contributed by atoms with Gasteiger partial charge in [-0.1, -0.05) is 25.7 Å². The van der Waals surface area contributed by atoms with Crippen molar-refractivity contribution in [1.29, 1.82) is 0 Å². The number of ether oxygens (including phenoxy) is 1. The zero-order chi connectivity index (χ0) is 17.0. The lowest BCUT2D eigenvalue weighted by atomic mass is 9.88. The summed E-state index contributed by atoms with van der Waals surface area (Å²) in [5, 5.41) is 30.1. The fourth-order valence-corrected chi connectivity index (χ4v) is 3.31. The summed E-state index contributed by atoms with van der Waals surface area (Å²) in [5.41, 5.74) is 1.96. The van der Waals surface area contributed by atoms with E-state index in [1.165, 1.54) is 13.3 Å². The second-order valence-electron chi connectivity index (χ2n) is 6.28. The van der Waals surface area contributed by atoms with Gasteiger partial charge in [-0.05, 0) is 45.1 Å². The lowest BCUT2D eigenvalue weighted by Gasteiger charge is -2.20. The quantitative estimate of drug-likeness (QED) is 0.441. The van der Waals surface area contributed by atoms with Crippen LogP contribution in [0.5, 0.6) is 11.5 Å². The number of hydrogen-bond acceptors (Lipinski definition) is 5. The minimum Gasteiger partial charge on any atom is -0.504 e. The van der Waals surface area contributed by atoms with E-state index in [9.17, 15) is 20.1 Å². The molecule has 2 aliphatic rings. The molecule has 23 heavy (non-hydrogen) atoms. The molecular weight excluding hydrogens is 296 g/mol. The van der Waals surface area contributed by atoms with Gasteiger partial charge < -0.3 is 20.1 Å². The van der Waals surface area contributed by atoms with Gasteiger partial charge in [-0.2, -0.15) is 0 Å². The summed E-state index contributed by atoms with van der Waals surface area (Å²) in [6.45, 7) is 3.13. The molecule has 128 valence electrons. The smallest absolute Gasteiger partial charge is 0.341 e. The molecule has 2 bridgehead atoms. The summed E-state index contributed by atoms with van der Waals surface area (Å²) in [5.74, 6) is -0.989. The van der Waals surface area contributed by atoms with Crippen LogP contribution in [0.2, 0.25) is 0 Å². The van der Waals surface area contributed by atoms with E-state index in [4.69, 9.17) is 4.74 Å². The number of phenolic OH excluding ortho intramolecular Hbond substituents is 2. The Balaban J connectivity index is 2.55. The molecule has 0 heterocycles. The number of aliphatic hydroxyl groups is 1. The summed E-state index contributed by atoms with van der Waals surface area (Å²) in [6, 6.07) is 0. The first-order valence-electron chi connectivity index (χ1n) is 8.38. The topological polar surface area (TPSA) is 87.0 Å². The maximum absolute atomic E-state index is 12.4. The molecule has 0 amide bonds. The van der Waals surface area contributed by atoms with Crippen molar-refractivity contribution >= 4 is 5.97 Å². The summed E-state index contributed by atoms with van der Waals surface area (Å²) >= 11 is 0. The summed E-state index contributed by atoms with van der Waals surface area (Å²) in [7, 11) is 0. The van der Waals surface area contributed by atoms with Gasteiger partial charge in [0.2, 0.25) is 0 Å². The summed E-state index contributed by atoms with van der Waals surface area (Å²) in [6.07, 6.45) is 6.02. The minimum atomic E-state index is -1.21. The van der Waals surface area contributed by atoms with Crippen LogP contribution in [0.4, 0.5) is 0 Å². The molecule has 1 unspecified atom stereocenters. The van der Waals surface area contributed by atoms with Crippen LogP contribution in [-0.4, -0.2) is 27.6 Å². The Morgan fingerprint density at radius 1 is 0.957 bits per heavy atom. The normalized spacial score (nSPS) is 17.2. The van der Waals surface area contributed by atoms with Gasteiger partial charge >= 0.3 is 5.97 Å². The number of phenols is 2. The summed E-state index contributed by atoms with van der Waals surface area (Å²) in [4.78, 5) is 12.4. The van der Waals surface area contributed by atoms with Crippen LogP contribution >= 0.6 is 0 Å². The highest BCUT2D eigenvalue weighted by Crippen LogP contribution is 2.40. The molecule has 0 spiro atoms. The number of fused-ring (bicyclic) bond motifs is 9. The number of benzene rings is 1. The SMILES string of the molecule is Cc1c2c(O)c(O)c(c1C(=O)OC(C)O)CCCCCCCC2. The highest BCUT2D eigenvalue weighted by Gasteiger charge is 2.26. The monoisotopic (exact) mass is 322 g/mol. The highest BCUT2D eigenvalue weighted by atomic mass is 16.6. The zero-order valence-electron chi connectivity index (χ0n) is 13.9. The molecule has 0 saturated carbocycles. The molecule has 5 heteroatoms. The van der Waals surface area contributed by atoms with Gasteiger partial charge in [0.25, 0.3) is 0 Å². The third kappa shape index (κ3) is 3.96. The predicted molar refractivity (Wildman–Crippen MR) is 86.7 cm³/mol. The molecule has 0 aliphatic heterocycles. The van der Waals surface area contributed by atoms with E-state index in [0.717, 1.165) is 32.1 Å². The first kappa shape index (κ1) is 17.6. The van der Waals surface area contributed by atoms with Gasteiger partial charge in [-0.15, -0.1) is 0 Å². The zero-order valence-corrected chi connectivity index (χ0v) is 13.9. The van der Waals surface area contributed by atoms with E-state index in [1.54, 1.807) is 6.92 Å². The number of hydrogen-bond donors (Lipinski definition) is 3. The van der Waals surface area contributed by atoms with Crippen molar-refractivity contribution in [1.82, 2.24) is 0 Å². The third-order valence-electron chi connectivity index (χ3n) is 4.51. The third-order valence-corrected chi connectivity index (χ3v) is 4.51. The van der Waals surface area contributed by atoms with Crippen molar-refractivity contribution in [3.8, 4) is 11.5 Å². The van der Waals surface area contributed by atoms with Gasteiger partial charge in [0.15, 0.2) is 17.8 Å². The molecule has 0 fully saturated rings. The number of esters is 1. The van der Waals surface area contributed by atoms with Crippen LogP contribution in [0.15, 0.2) is 0 Å². The second kappa shape index (κ2) is 7.68. The van der Waals surface area contributed by atoms with Crippen molar-refractivity contribution in [2.45, 2.75) is 71.5 Å². The molecule has 2 aliphatic carbocycles. The minimum absolute atomic E-state index is 0.119. The van der Waals surface area contributed by atoms with Crippen molar-refractivity contribution in [3.63, 3.8) is 0 Å². The molecule has 3 rings (SSSR count). The van der Waals surface area contributed by atoms with E-state index < -0.39 is 12.3 Å². The van der Waals surface area contributed by atoms with Crippen LogP contribution in [0.1, 0.15) is 72.5 Å². The van der Waals surface area contributed by atoms with Crippen LogP contribution < -0.4 is 0 Å². The van der Waals surface area contributed by atoms with Crippen LogP contribution in [0.25, 0.3) is 0 Å². The Morgan fingerprint density at radius 3 is 2.00 bits per heavy atom. The largest absolute Gasteiger partial charge is 0.504 e. The molecule has 5 nitrogen and oxygen atoms in total. The van der Waals surface area contributed by atoms with E-state index in [1.807, 2.05) is 0 Å². The molecular formula is C18H26O5. The van der Waals surface area contributed by atoms with E-state index in [-0.39, 0.29) is 17.1 Å². The van der Waals surface area contributed by atoms with Crippen molar-refractivity contribution < 1.29 is 24.9 Å². The highest BCUT2D eigenvalue weighted by molar-refractivity contribution is 5.95. The van der Waals surface area contributed by atoms with Gasteiger partial charge in [-0.25, -0.2) is 4.79 Å². The Kier molecular flexibility index (Phi) is 5.88. The van der Waals surface area contributed by atoms with Gasteiger partial charge in [-0.3, -0.25) is 0 Å². The number of rotatable bonds is 2. The maximum Gasteiger partial charge on any atom is 0.341 e. The Bertz CT molecular complexity index is 578. The molecule has 1 aromatic carbocycles. The molecule has 0 aromatic heterocycles. The number of carbonyl (C=O) groups excluding carboxylic acids is 1. The van der Waals surface area contributed by atoms with Gasteiger partial charge in [0.05, 0.1) is 5.56 Å². The lowest BCUT2D eigenvalue weighted by Crippen LogP contribution is -2.18. The average Bonchev–Trinajstić information content (AvgIpc) is 2.47. The summed E-state index contributed by atoms with van der Waals surface area (Å²) < 4.78 is 4.93. The molecule has 1 atom stereocenters. The molecule has 3 N–H and O–H groups in total. The fourth-order valence-electron chi connectivity index (χ4n) is 3.31. The number of carbonyl (C=O) groups is 1. The number of aliphatic hydroxyl groups excluding tert-OH is 1. The molecule has 0 saturated heterocycles. The van der Waals surface area contributed by atoms with Crippen molar-refractivity contribution in [2.24, 2.45) is 0 Å². The number of aromatic hydroxyl groups is 2. The Morgan fingerprint density at radius 2 is 1.43 bits per heavy atom. The van der Waals surface area contributed by atoms with Crippen LogP contribution in [-0.2, 0) is 17.6 Å². The Hall–Kier alpha value is -1.75. The molecule has 0 radical (unpaired) electrons. The first-order chi connectivity index (χ1) is 10.9. The van der Waals surface area contributed by atoms with Crippen molar-refractivity contribution in [3.05, 3.63) is 22.3 Å². The fraction of sp³-hybridized carbons (Fsp3) is 0.611. The van der Waals surface area contributed by atoms with E-state index in [2.05, 4.69) is 0 Å². The van der Waals surface area contributed by atoms with Gasteiger partial charge in [0, 0.05) is 11.1 Å². The molecule has 1 aromatic rings. The van der Waals surface area contributed by atoms with Gasteiger partial charge in [0.1, 0.15) is 0 Å². The maximum atomic E-state index is 12.4.